The van der Waals surface area contributed by atoms with Crippen LogP contribution in [0, 0.1) is 5.92 Å². The van der Waals surface area contributed by atoms with E-state index in [4.69, 9.17) is 5.73 Å². The lowest BCUT2D eigenvalue weighted by molar-refractivity contribution is 0.263. The van der Waals surface area contributed by atoms with Crippen molar-refractivity contribution in [1.82, 2.24) is 4.31 Å². The Bertz CT molecular complexity index is 495. The molecule has 0 amide bonds. The average molecular weight is 254 g/mol. The summed E-state index contributed by atoms with van der Waals surface area (Å²) in [5.74, 6) is 0.514. The smallest absolute Gasteiger partial charge is 0.244 e. The third-order valence-electron chi connectivity index (χ3n) is 3.35. The number of nitrogen functional groups attached to an aromatic ring is 1. The molecule has 1 aliphatic rings. The van der Waals surface area contributed by atoms with E-state index in [0.29, 0.717) is 18.2 Å². The number of rotatable bonds is 4. The van der Waals surface area contributed by atoms with Gasteiger partial charge in [-0.15, -0.1) is 0 Å². The lowest BCUT2D eigenvalue weighted by Gasteiger charge is -2.29. The highest BCUT2D eigenvalue weighted by Crippen LogP contribution is 2.29. The van der Waals surface area contributed by atoms with Gasteiger partial charge in [-0.05, 0) is 30.9 Å². The zero-order chi connectivity index (χ0) is 12.5. The van der Waals surface area contributed by atoms with E-state index in [1.807, 2.05) is 0 Å². The highest BCUT2D eigenvalue weighted by Gasteiger charge is 2.27. The maximum atomic E-state index is 12.3. The molecule has 0 saturated heterocycles. The van der Waals surface area contributed by atoms with Crippen molar-refractivity contribution in [1.29, 1.82) is 0 Å². The van der Waals surface area contributed by atoms with Crippen LogP contribution in [-0.2, 0) is 10.0 Å². The van der Waals surface area contributed by atoms with Crippen LogP contribution in [-0.4, -0.2) is 26.3 Å². The zero-order valence-corrected chi connectivity index (χ0v) is 10.8. The van der Waals surface area contributed by atoms with E-state index in [1.54, 1.807) is 31.3 Å². The number of para-hydroxylation sites is 1. The molecule has 0 aliphatic heterocycles. The fourth-order valence-electron chi connectivity index (χ4n) is 2.02. The summed E-state index contributed by atoms with van der Waals surface area (Å²) in [6, 6.07) is 6.60. The summed E-state index contributed by atoms with van der Waals surface area (Å²) in [5, 5.41) is 0. The molecule has 1 aromatic rings. The van der Waals surface area contributed by atoms with Gasteiger partial charge in [0.15, 0.2) is 0 Å². The molecule has 0 bridgehead atoms. The van der Waals surface area contributed by atoms with Crippen LogP contribution in [0.2, 0.25) is 0 Å². The Kier molecular flexibility index (Phi) is 3.40. The lowest BCUT2D eigenvalue weighted by Crippen LogP contribution is -2.34. The van der Waals surface area contributed by atoms with Gasteiger partial charge < -0.3 is 5.73 Å². The van der Waals surface area contributed by atoms with Gasteiger partial charge in [0.2, 0.25) is 10.0 Å². The van der Waals surface area contributed by atoms with E-state index in [2.05, 4.69) is 0 Å². The summed E-state index contributed by atoms with van der Waals surface area (Å²) in [6.07, 6.45) is 3.47. The van der Waals surface area contributed by atoms with Crippen LogP contribution in [0.25, 0.3) is 0 Å². The first-order valence-electron chi connectivity index (χ1n) is 5.82. The molecule has 4 nitrogen and oxygen atoms in total. The average Bonchev–Trinajstić information content (AvgIpc) is 2.23. The van der Waals surface area contributed by atoms with Crippen LogP contribution in [0.3, 0.4) is 0 Å². The minimum absolute atomic E-state index is 0.210. The molecule has 5 heteroatoms. The predicted molar refractivity (Wildman–Crippen MR) is 68.0 cm³/mol. The molecule has 0 radical (unpaired) electrons. The summed E-state index contributed by atoms with van der Waals surface area (Å²) in [5.41, 5.74) is 6.03. The van der Waals surface area contributed by atoms with Crippen molar-refractivity contribution in [3.63, 3.8) is 0 Å². The van der Waals surface area contributed by atoms with Crippen molar-refractivity contribution >= 4 is 15.7 Å². The molecule has 17 heavy (non-hydrogen) atoms. The molecular formula is C12H18N2O2S. The number of anilines is 1. The number of nitrogens with zero attached hydrogens (tertiary/aromatic N) is 1. The second-order valence-electron chi connectivity index (χ2n) is 4.62. The summed E-state index contributed by atoms with van der Waals surface area (Å²) in [7, 11) is -1.81. The van der Waals surface area contributed by atoms with E-state index in [-0.39, 0.29) is 4.90 Å². The maximum Gasteiger partial charge on any atom is 0.244 e. The molecule has 2 N–H and O–H groups in total. The van der Waals surface area contributed by atoms with Crippen LogP contribution in [0.4, 0.5) is 5.69 Å². The topological polar surface area (TPSA) is 63.4 Å². The first kappa shape index (κ1) is 12.4. The maximum absolute atomic E-state index is 12.3. The second kappa shape index (κ2) is 4.66. The van der Waals surface area contributed by atoms with Gasteiger partial charge in [-0.1, -0.05) is 18.6 Å². The third-order valence-corrected chi connectivity index (χ3v) is 5.24. The molecule has 0 unspecified atom stereocenters. The number of nitrogens with two attached hydrogens (primary N) is 1. The van der Waals surface area contributed by atoms with Crippen molar-refractivity contribution in [3.8, 4) is 0 Å². The Hall–Kier alpha value is -1.07. The molecule has 1 aliphatic carbocycles. The number of hydrogen-bond acceptors (Lipinski definition) is 3. The third kappa shape index (κ3) is 2.45. The van der Waals surface area contributed by atoms with Gasteiger partial charge in [0.05, 0.1) is 5.69 Å². The molecule has 1 saturated carbocycles. The van der Waals surface area contributed by atoms with Crippen molar-refractivity contribution < 1.29 is 8.42 Å². The Morgan fingerprint density at radius 2 is 2.00 bits per heavy atom. The highest BCUT2D eigenvalue weighted by atomic mass is 32.2. The Balaban J connectivity index is 2.20. The van der Waals surface area contributed by atoms with E-state index < -0.39 is 10.0 Å². The molecule has 0 heterocycles. The Labute approximate surface area is 102 Å². The van der Waals surface area contributed by atoms with Gasteiger partial charge >= 0.3 is 0 Å². The van der Waals surface area contributed by atoms with Gasteiger partial charge in [0.1, 0.15) is 4.90 Å². The van der Waals surface area contributed by atoms with Crippen molar-refractivity contribution in [3.05, 3.63) is 24.3 Å². The van der Waals surface area contributed by atoms with Crippen molar-refractivity contribution in [2.24, 2.45) is 5.92 Å². The van der Waals surface area contributed by atoms with Crippen LogP contribution >= 0.6 is 0 Å². The SMILES string of the molecule is CN(CC1CCC1)S(=O)(=O)c1ccccc1N. The summed E-state index contributed by atoms with van der Waals surface area (Å²) < 4.78 is 26.0. The molecular weight excluding hydrogens is 236 g/mol. The van der Waals surface area contributed by atoms with Crippen molar-refractivity contribution in [2.45, 2.75) is 24.2 Å². The zero-order valence-electron chi connectivity index (χ0n) is 9.96. The molecule has 0 atom stereocenters. The summed E-state index contributed by atoms with van der Waals surface area (Å²) >= 11 is 0. The lowest BCUT2D eigenvalue weighted by atomic mass is 9.86. The summed E-state index contributed by atoms with van der Waals surface area (Å²) in [6.45, 7) is 0.594. The number of sulfonamides is 1. The minimum atomic E-state index is -3.43. The highest BCUT2D eigenvalue weighted by molar-refractivity contribution is 7.89. The predicted octanol–water partition coefficient (Wildman–Crippen LogP) is 1.69. The van der Waals surface area contributed by atoms with E-state index in [9.17, 15) is 8.42 Å². The molecule has 0 spiro atoms. The summed E-state index contributed by atoms with van der Waals surface area (Å²) in [4.78, 5) is 0.210. The van der Waals surface area contributed by atoms with Crippen molar-refractivity contribution in [2.75, 3.05) is 19.3 Å². The first-order valence-corrected chi connectivity index (χ1v) is 7.26. The van der Waals surface area contributed by atoms with Crippen LogP contribution in [0.15, 0.2) is 29.2 Å². The van der Waals surface area contributed by atoms with Gasteiger partial charge in [0.25, 0.3) is 0 Å². The number of benzene rings is 1. The fourth-order valence-corrected chi connectivity index (χ4v) is 3.38. The quantitative estimate of drug-likeness (QED) is 0.832. The monoisotopic (exact) mass is 254 g/mol. The van der Waals surface area contributed by atoms with Gasteiger partial charge in [-0.3, -0.25) is 0 Å². The largest absolute Gasteiger partial charge is 0.398 e. The standard InChI is InChI=1S/C12H18N2O2S/c1-14(9-10-5-4-6-10)17(15,16)12-8-3-2-7-11(12)13/h2-3,7-8,10H,4-6,9,13H2,1H3. The van der Waals surface area contributed by atoms with E-state index >= 15 is 0 Å². The van der Waals surface area contributed by atoms with Gasteiger partial charge in [-0.25, -0.2) is 12.7 Å². The molecule has 1 fully saturated rings. The first-order chi connectivity index (χ1) is 8.01. The van der Waals surface area contributed by atoms with Crippen LogP contribution < -0.4 is 5.73 Å². The van der Waals surface area contributed by atoms with Gasteiger partial charge in [0, 0.05) is 13.6 Å². The van der Waals surface area contributed by atoms with E-state index in [0.717, 1.165) is 12.8 Å². The molecule has 94 valence electrons. The second-order valence-corrected chi connectivity index (χ2v) is 6.63. The molecule has 2 rings (SSSR count). The number of hydrogen-bond donors (Lipinski definition) is 1. The van der Waals surface area contributed by atoms with Gasteiger partial charge in [-0.2, -0.15) is 0 Å². The Morgan fingerprint density at radius 3 is 2.53 bits per heavy atom. The normalized spacial score (nSPS) is 17.1. The van der Waals surface area contributed by atoms with Crippen LogP contribution in [0.1, 0.15) is 19.3 Å². The van der Waals surface area contributed by atoms with E-state index in [1.165, 1.54) is 10.7 Å². The fraction of sp³-hybridized carbons (Fsp3) is 0.500. The molecule has 1 aromatic carbocycles. The Morgan fingerprint density at radius 1 is 1.35 bits per heavy atom. The minimum Gasteiger partial charge on any atom is -0.398 e. The van der Waals surface area contributed by atoms with Crippen LogP contribution in [0.5, 0.6) is 0 Å². The molecule has 0 aromatic heterocycles.